The molecular weight excluding hydrogens is 408 g/mol. The van der Waals surface area contributed by atoms with Gasteiger partial charge in [0, 0.05) is 44.1 Å². The minimum absolute atomic E-state index is 0.321. The van der Waals surface area contributed by atoms with Crippen molar-refractivity contribution in [2.45, 2.75) is 70.1 Å². The molecule has 6 nitrogen and oxygen atoms in total. The molecule has 6 heteroatoms. The van der Waals surface area contributed by atoms with Crippen LogP contribution < -0.4 is 4.90 Å². The average Bonchev–Trinajstić information content (AvgIpc) is 3.58. The zero-order valence-corrected chi connectivity index (χ0v) is 20.2. The summed E-state index contributed by atoms with van der Waals surface area (Å²) in [7, 11) is 2.26. The summed E-state index contributed by atoms with van der Waals surface area (Å²) < 4.78 is 2.34. The molecule has 1 aliphatic carbocycles. The second-order valence-electron chi connectivity index (χ2n) is 10.4. The van der Waals surface area contributed by atoms with Gasteiger partial charge in [-0.2, -0.15) is 0 Å². The molecule has 3 aromatic heterocycles. The van der Waals surface area contributed by atoms with Crippen molar-refractivity contribution in [2.24, 2.45) is 0 Å². The maximum absolute atomic E-state index is 5.13. The standard InChI is InChI=1S/C27H36N6/c1-19-7-6-14-28-27(19)24-9-4-8-23(30(24)3)22-18-33-25(29-22)10-5-11-26(33)32-16-15-31(17-20(32)2)21-12-13-21/h5-7,10-11,14,18,20-21,23-24H,4,8-9,12-13,15-17H2,1-3H3/t20?,23-,24+/m1/s1. The lowest BCUT2D eigenvalue weighted by atomic mass is 9.91. The lowest BCUT2D eigenvalue weighted by Crippen LogP contribution is -2.53. The quantitative estimate of drug-likeness (QED) is 0.588. The number of imidazole rings is 1. The van der Waals surface area contributed by atoms with Crippen LogP contribution in [0.15, 0.2) is 42.7 Å². The molecule has 0 spiro atoms. The first-order valence-electron chi connectivity index (χ1n) is 12.7. The summed E-state index contributed by atoms with van der Waals surface area (Å²) in [5.41, 5.74) is 4.75. The van der Waals surface area contributed by atoms with E-state index in [2.05, 4.69) is 70.5 Å². The molecule has 2 aliphatic heterocycles. The zero-order valence-electron chi connectivity index (χ0n) is 20.2. The number of pyridine rings is 2. The van der Waals surface area contributed by atoms with Crippen molar-refractivity contribution in [3.63, 3.8) is 0 Å². The number of rotatable bonds is 4. The predicted octanol–water partition coefficient (Wildman–Crippen LogP) is 4.61. The van der Waals surface area contributed by atoms with E-state index in [1.165, 1.54) is 55.1 Å². The molecule has 174 valence electrons. The highest BCUT2D eigenvalue weighted by atomic mass is 15.3. The summed E-state index contributed by atoms with van der Waals surface area (Å²) in [5.74, 6) is 1.28. The first-order chi connectivity index (χ1) is 16.1. The summed E-state index contributed by atoms with van der Waals surface area (Å²) in [6, 6.07) is 12.9. The summed E-state index contributed by atoms with van der Waals surface area (Å²) in [6.45, 7) is 7.98. The predicted molar refractivity (Wildman–Crippen MR) is 133 cm³/mol. The van der Waals surface area contributed by atoms with Crippen molar-refractivity contribution >= 4 is 11.5 Å². The summed E-state index contributed by atoms with van der Waals surface area (Å²) >= 11 is 0. The van der Waals surface area contributed by atoms with Gasteiger partial charge in [-0.15, -0.1) is 0 Å². The van der Waals surface area contributed by atoms with Gasteiger partial charge in [-0.1, -0.05) is 12.1 Å². The molecule has 2 saturated heterocycles. The highest BCUT2D eigenvalue weighted by Crippen LogP contribution is 2.40. The number of nitrogens with zero attached hydrogens (tertiary/aromatic N) is 6. The van der Waals surface area contributed by atoms with Gasteiger partial charge in [0.15, 0.2) is 0 Å². The largest absolute Gasteiger partial charge is 0.352 e. The van der Waals surface area contributed by atoms with Crippen LogP contribution in [0.3, 0.4) is 0 Å². The Morgan fingerprint density at radius 1 is 0.970 bits per heavy atom. The van der Waals surface area contributed by atoms with E-state index in [1.807, 2.05) is 12.3 Å². The van der Waals surface area contributed by atoms with Gasteiger partial charge in [-0.3, -0.25) is 19.2 Å². The van der Waals surface area contributed by atoms with Crippen LogP contribution in [-0.4, -0.2) is 62.9 Å². The minimum Gasteiger partial charge on any atom is -0.352 e. The molecule has 0 amide bonds. The third-order valence-corrected chi connectivity index (χ3v) is 8.15. The Morgan fingerprint density at radius 3 is 2.61 bits per heavy atom. The second-order valence-corrected chi connectivity index (χ2v) is 10.4. The van der Waals surface area contributed by atoms with Gasteiger partial charge in [0.1, 0.15) is 11.5 Å². The van der Waals surface area contributed by atoms with Crippen LogP contribution in [0.25, 0.3) is 5.65 Å². The number of aromatic nitrogens is 3. The van der Waals surface area contributed by atoms with Gasteiger partial charge in [-0.05, 0) is 76.8 Å². The Labute approximate surface area is 197 Å². The normalized spacial score (nSPS) is 27.4. The van der Waals surface area contributed by atoms with Crippen LogP contribution in [0.1, 0.15) is 68.1 Å². The van der Waals surface area contributed by atoms with Crippen molar-refractivity contribution in [1.82, 2.24) is 24.2 Å². The smallest absolute Gasteiger partial charge is 0.138 e. The van der Waals surface area contributed by atoms with Crippen molar-refractivity contribution < 1.29 is 0 Å². The number of piperidine rings is 1. The maximum Gasteiger partial charge on any atom is 0.138 e. The topological polar surface area (TPSA) is 39.9 Å². The molecule has 6 rings (SSSR count). The Morgan fingerprint density at radius 2 is 1.82 bits per heavy atom. The van der Waals surface area contributed by atoms with Gasteiger partial charge < -0.3 is 4.90 Å². The van der Waals surface area contributed by atoms with Gasteiger partial charge >= 0.3 is 0 Å². The Hall–Kier alpha value is -2.44. The number of anilines is 1. The van der Waals surface area contributed by atoms with Crippen LogP contribution in [-0.2, 0) is 0 Å². The third kappa shape index (κ3) is 3.83. The fraction of sp³-hybridized carbons (Fsp3) is 0.556. The van der Waals surface area contributed by atoms with Gasteiger partial charge in [-0.25, -0.2) is 4.98 Å². The highest BCUT2D eigenvalue weighted by Gasteiger charge is 2.35. The Kier molecular flexibility index (Phi) is 5.38. The van der Waals surface area contributed by atoms with E-state index >= 15 is 0 Å². The molecule has 0 aromatic carbocycles. The third-order valence-electron chi connectivity index (χ3n) is 8.15. The molecule has 0 N–H and O–H groups in total. The zero-order chi connectivity index (χ0) is 22.5. The monoisotopic (exact) mass is 444 g/mol. The molecule has 3 fully saturated rings. The van der Waals surface area contributed by atoms with Crippen LogP contribution in [0, 0.1) is 6.92 Å². The first kappa shape index (κ1) is 21.1. The molecule has 3 atom stereocenters. The van der Waals surface area contributed by atoms with Crippen LogP contribution in [0.4, 0.5) is 5.82 Å². The second kappa shape index (κ2) is 8.41. The Balaban J connectivity index is 1.29. The van der Waals surface area contributed by atoms with Gasteiger partial charge in [0.25, 0.3) is 0 Å². The summed E-state index contributed by atoms with van der Waals surface area (Å²) in [5, 5.41) is 0. The average molecular weight is 445 g/mol. The van der Waals surface area contributed by atoms with E-state index < -0.39 is 0 Å². The van der Waals surface area contributed by atoms with Gasteiger partial charge in [0.2, 0.25) is 0 Å². The fourth-order valence-electron chi connectivity index (χ4n) is 6.17. The number of aryl methyl sites for hydroxylation is 1. The van der Waals surface area contributed by atoms with E-state index in [4.69, 9.17) is 9.97 Å². The summed E-state index contributed by atoms with van der Waals surface area (Å²) in [6.07, 6.45) is 10.5. The summed E-state index contributed by atoms with van der Waals surface area (Å²) in [4.78, 5) is 17.7. The van der Waals surface area contributed by atoms with E-state index in [0.29, 0.717) is 18.1 Å². The molecule has 0 bridgehead atoms. The number of fused-ring (bicyclic) bond motifs is 1. The lowest BCUT2D eigenvalue weighted by Gasteiger charge is -2.41. The molecule has 3 aromatic rings. The van der Waals surface area contributed by atoms with Crippen molar-refractivity contribution in [3.05, 3.63) is 59.7 Å². The molecule has 5 heterocycles. The van der Waals surface area contributed by atoms with Crippen molar-refractivity contribution in [3.8, 4) is 0 Å². The van der Waals surface area contributed by atoms with E-state index in [-0.39, 0.29) is 0 Å². The SMILES string of the molecule is Cc1cccnc1[C@@H]1CCC[C@H](c2cn3c(N4CCN(C5CC5)CC4C)cccc3n2)N1C. The van der Waals surface area contributed by atoms with Crippen LogP contribution >= 0.6 is 0 Å². The highest BCUT2D eigenvalue weighted by molar-refractivity contribution is 5.53. The minimum atomic E-state index is 0.321. The van der Waals surface area contributed by atoms with Crippen molar-refractivity contribution in [2.75, 3.05) is 31.6 Å². The van der Waals surface area contributed by atoms with Crippen molar-refractivity contribution in [1.29, 1.82) is 0 Å². The maximum atomic E-state index is 5.13. The Bertz CT molecular complexity index is 1130. The first-order valence-corrected chi connectivity index (χ1v) is 12.7. The van der Waals surface area contributed by atoms with Gasteiger partial charge in [0.05, 0.1) is 23.5 Å². The molecule has 1 saturated carbocycles. The molecule has 0 radical (unpaired) electrons. The number of likely N-dealkylation sites (tertiary alicyclic amines) is 1. The van der Waals surface area contributed by atoms with E-state index in [1.54, 1.807) is 0 Å². The van der Waals surface area contributed by atoms with E-state index in [0.717, 1.165) is 31.1 Å². The number of piperazine rings is 1. The van der Waals surface area contributed by atoms with E-state index in [9.17, 15) is 0 Å². The van der Waals surface area contributed by atoms with Crippen LogP contribution in [0.5, 0.6) is 0 Å². The number of hydrogen-bond donors (Lipinski definition) is 0. The fourth-order valence-corrected chi connectivity index (χ4v) is 6.17. The van der Waals surface area contributed by atoms with Crippen LogP contribution in [0.2, 0.25) is 0 Å². The molecule has 33 heavy (non-hydrogen) atoms. The molecular formula is C27H36N6. The molecule has 3 aliphatic rings. The lowest BCUT2D eigenvalue weighted by molar-refractivity contribution is 0.109. The molecule has 1 unspecified atom stereocenters. The number of hydrogen-bond acceptors (Lipinski definition) is 5.